The van der Waals surface area contributed by atoms with E-state index in [-0.39, 0.29) is 0 Å². The van der Waals surface area contributed by atoms with Gasteiger partial charge in [0.15, 0.2) is 6.23 Å². The van der Waals surface area contributed by atoms with Crippen molar-refractivity contribution in [3.05, 3.63) is 12.2 Å². The van der Waals surface area contributed by atoms with Crippen LogP contribution in [0.1, 0.15) is 52.4 Å². The summed E-state index contributed by atoms with van der Waals surface area (Å²) in [6.45, 7) is 5.50. The molecule has 0 aromatic rings. The van der Waals surface area contributed by atoms with Crippen LogP contribution < -0.4 is 0 Å². The van der Waals surface area contributed by atoms with Gasteiger partial charge in [-0.2, -0.15) is 5.06 Å². The fourth-order valence-corrected chi connectivity index (χ4v) is 1.54. The van der Waals surface area contributed by atoms with Crippen LogP contribution in [0.2, 0.25) is 0 Å². The van der Waals surface area contributed by atoms with E-state index in [2.05, 4.69) is 31.1 Å². The zero-order valence-electron chi connectivity index (χ0n) is 9.54. The minimum absolute atomic E-state index is 0.422. The molecule has 0 aliphatic carbocycles. The van der Waals surface area contributed by atoms with Crippen LogP contribution in [-0.2, 0) is 4.84 Å². The van der Waals surface area contributed by atoms with E-state index in [9.17, 15) is 0 Å². The van der Waals surface area contributed by atoms with Gasteiger partial charge in [-0.1, -0.05) is 38.8 Å². The van der Waals surface area contributed by atoms with Gasteiger partial charge < -0.3 is 0 Å². The molecule has 0 bridgehead atoms. The van der Waals surface area contributed by atoms with E-state index in [1.165, 1.54) is 25.7 Å². The SMILES string of the molecule is CCCC/C=C\CCC1ON1CCC. The average molecular weight is 197 g/mol. The molecule has 2 heteroatoms. The molecule has 1 fully saturated rings. The Morgan fingerprint density at radius 2 is 1.93 bits per heavy atom. The summed E-state index contributed by atoms with van der Waals surface area (Å²) in [4.78, 5) is 5.38. The monoisotopic (exact) mass is 197 g/mol. The molecule has 0 amide bonds. The predicted molar refractivity (Wildman–Crippen MR) is 59.8 cm³/mol. The zero-order valence-corrected chi connectivity index (χ0v) is 9.54. The number of nitrogens with zero attached hydrogens (tertiary/aromatic N) is 1. The van der Waals surface area contributed by atoms with Crippen LogP contribution in [0.4, 0.5) is 0 Å². The first-order valence-electron chi connectivity index (χ1n) is 5.96. The van der Waals surface area contributed by atoms with E-state index < -0.39 is 0 Å². The highest BCUT2D eigenvalue weighted by atomic mass is 16.8. The summed E-state index contributed by atoms with van der Waals surface area (Å²) in [5.74, 6) is 0. The Balaban J connectivity index is 1.88. The normalized spacial score (nSPS) is 25.9. The highest BCUT2D eigenvalue weighted by Gasteiger charge is 2.33. The molecular formula is C12H23NO. The summed E-state index contributed by atoms with van der Waals surface area (Å²) in [5.41, 5.74) is 0. The first kappa shape index (κ1) is 11.7. The van der Waals surface area contributed by atoms with Gasteiger partial charge in [0.05, 0.1) is 0 Å². The molecular weight excluding hydrogens is 174 g/mol. The molecule has 2 nitrogen and oxygen atoms in total. The van der Waals surface area contributed by atoms with Crippen LogP contribution in [0.15, 0.2) is 12.2 Å². The van der Waals surface area contributed by atoms with Gasteiger partial charge in [-0.15, -0.1) is 0 Å². The van der Waals surface area contributed by atoms with Crippen molar-refractivity contribution in [2.24, 2.45) is 0 Å². The lowest BCUT2D eigenvalue weighted by Crippen LogP contribution is -2.01. The summed E-state index contributed by atoms with van der Waals surface area (Å²) in [7, 11) is 0. The number of allylic oxidation sites excluding steroid dienone is 2. The summed E-state index contributed by atoms with van der Waals surface area (Å²) in [6, 6.07) is 0. The van der Waals surface area contributed by atoms with E-state index in [1.807, 2.05) is 0 Å². The molecule has 1 heterocycles. The van der Waals surface area contributed by atoms with Crippen LogP contribution in [0.3, 0.4) is 0 Å². The molecule has 2 atom stereocenters. The van der Waals surface area contributed by atoms with Gasteiger partial charge >= 0.3 is 0 Å². The Hall–Kier alpha value is -0.340. The highest BCUT2D eigenvalue weighted by molar-refractivity contribution is 4.83. The zero-order chi connectivity index (χ0) is 10.2. The van der Waals surface area contributed by atoms with Crippen LogP contribution in [-0.4, -0.2) is 17.8 Å². The molecule has 0 aromatic carbocycles. The maximum absolute atomic E-state index is 5.38. The Kier molecular flexibility index (Phi) is 5.88. The van der Waals surface area contributed by atoms with Gasteiger partial charge in [-0.25, -0.2) is 0 Å². The van der Waals surface area contributed by atoms with Gasteiger partial charge in [0.2, 0.25) is 0 Å². The highest BCUT2D eigenvalue weighted by Crippen LogP contribution is 2.24. The molecule has 0 radical (unpaired) electrons. The van der Waals surface area contributed by atoms with E-state index in [1.54, 1.807) is 0 Å². The number of unbranched alkanes of at least 4 members (excludes halogenated alkanes) is 2. The lowest BCUT2D eigenvalue weighted by molar-refractivity contribution is 0.198. The first-order chi connectivity index (χ1) is 6.88. The standard InChI is InChI=1S/C12H23NO/c1-3-5-6-7-8-9-10-12-13(14-12)11-4-2/h7-8,12H,3-6,9-11H2,1-2H3/b8-7-. The Morgan fingerprint density at radius 3 is 2.64 bits per heavy atom. The van der Waals surface area contributed by atoms with Crippen molar-refractivity contribution in [1.82, 2.24) is 5.06 Å². The van der Waals surface area contributed by atoms with Crippen LogP contribution in [0, 0.1) is 0 Å². The third kappa shape index (κ3) is 4.77. The topological polar surface area (TPSA) is 15.5 Å². The minimum atomic E-state index is 0.422. The predicted octanol–water partition coefficient (Wildman–Crippen LogP) is 3.50. The van der Waals surface area contributed by atoms with Gasteiger partial charge in [0, 0.05) is 6.54 Å². The second-order valence-corrected chi connectivity index (χ2v) is 3.89. The molecule has 1 aliphatic heterocycles. The second-order valence-electron chi connectivity index (χ2n) is 3.89. The molecule has 14 heavy (non-hydrogen) atoms. The molecule has 0 spiro atoms. The third-order valence-electron chi connectivity index (χ3n) is 2.45. The Bertz CT molecular complexity index is 168. The molecule has 0 aromatic heterocycles. The molecule has 1 saturated heterocycles. The Labute approximate surface area is 87.9 Å². The van der Waals surface area contributed by atoms with Gasteiger partial charge in [-0.3, -0.25) is 4.84 Å². The molecule has 0 N–H and O–H groups in total. The van der Waals surface area contributed by atoms with Crippen molar-refractivity contribution in [2.75, 3.05) is 6.54 Å². The van der Waals surface area contributed by atoms with Crippen molar-refractivity contribution < 1.29 is 4.84 Å². The van der Waals surface area contributed by atoms with Crippen molar-refractivity contribution in [1.29, 1.82) is 0 Å². The average Bonchev–Trinajstić information content (AvgIpc) is 2.91. The molecule has 1 aliphatic rings. The lowest BCUT2D eigenvalue weighted by atomic mass is 10.2. The van der Waals surface area contributed by atoms with Crippen molar-refractivity contribution in [3.63, 3.8) is 0 Å². The first-order valence-corrected chi connectivity index (χ1v) is 5.96. The quantitative estimate of drug-likeness (QED) is 0.336. The van der Waals surface area contributed by atoms with Crippen LogP contribution >= 0.6 is 0 Å². The smallest absolute Gasteiger partial charge is 0.154 e. The minimum Gasteiger partial charge on any atom is -0.275 e. The molecule has 82 valence electrons. The molecule has 2 unspecified atom stereocenters. The summed E-state index contributed by atoms with van der Waals surface area (Å²) >= 11 is 0. The largest absolute Gasteiger partial charge is 0.275 e. The fourth-order valence-electron chi connectivity index (χ4n) is 1.54. The number of hydrogen-bond acceptors (Lipinski definition) is 2. The third-order valence-corrected chi connectivity index (χ3v) is 2.45. The van der Waals surface area contributed by atoms with Crippen molar-refractivity contribution in [2.45, 2.75) is 58.6 Å². The second kappa shape index (κ2) is 7.02. The van der Waals surface area contributed by atoms with Gasteiger partial charge in [0.1, 0.15) is 0 Å². The van der Waals surface area contributed by atoms with Gasteiger partial charge in [-0.05, 0) is 25.7 Å². The van der Waals surface area contributed by atoms with Crippen LogP contribution in [0.5, 0.6) is 0 Å². The number of rotatable bonds is 8. The maximum Gasteiger partial charge on any atom is 0.154 e. The van der Waals surface area contributed by atoms with Crippen molar-refractivity contribution in [3.8, 4) is 0 Å². The summed E-state index contributed by atoms with van der Waals surface area (Å²) in [6.07, 6.45) is 12.4. The number of hydroxylamine groups is 2. The molecule has 1 rings (SSSR count). The molecule has 0 saturated carbocycles. The van der Waals surface area contributed by atoms with E-state index in [4.69, 9.17) is 4.84 Å². The number of hydrogen-bond donors (Lipinski definition) is 0. The van der Waals surface area contributed by atoms with E-state index in [0.29, 0.717) is 6.23 Å². The van der Waals surface area contributed by atoms with E-state index >= 15 is 0 Å². The van der Waals surface area contributed by atoms with E-state index in [0.717, 1.165) is 19.4 Å². The van der Waals surface area contributed by atoms with Gasteiger partial charge in [0.25, 0.3) is 0 Å². The lowest BCUT2D eigenvalue weighted by Gasteiger charge is -1.92. The summed E-state index contributed by atoms with van der Waals surface area (Å²) in [5, 5.41) is 2.08. The van der Waals surface area contributed by atoms with Crippen molar-refractivity contribution >= 4 is 0 Å². The fraction of sp³-hybridized carbons (Fsp3) is 0.833. The maximum atomic E-state index is 5.38. The summed E-state index contributed by atoms with van der Waals surface area (Å²) < 4.78 is 0. The Morgan fingerprint density at radius 1 is 1.14 bits per heavy atom. The van der Waals surface area contributed by atoms with Crippen LogP contribution in [0.25, 0.3) is 0 Å².